The van der Waals surface area contributed by atoms with Crippen molar-refractivity contribution in [2.24, 2.45) is 0 Å². The van der Waals surface area contributed by atoms with E-state index in [0.29, 0.717) is 23.2 Å². The molecular weight excluding hydrogens is 373 g/mol. The van der Waals surface area contributed by atoms with Gasteiger partial charge in [0.05, 0.1) is 12.1 Å². The van der Waals surface area contributed by atoms with E-state index in [4.69, 9.17) is 11.6 Å². The van der Waals surface area contributed by atoms with Gasteiger partial charge in [-0.2, -0.15) is 0 Å². The Kier molecular flexibility index (Phi) is 7.26. The summed E-state index contributed by atoms with van der Waals surface area (Å²) in [5.41, 5.74) is 1.17. The number of aromatic nitrogens is 1. The van der Waals surface area contributed by atoms with Crippen LogP contribution in [0.3, 0.4) is 0 Å². The van der Waals surface area contributed by atoms with Gasteiger partial charge in [0.2, 0.25) is 0 Å². The number of hydrogen-bond acceptors (Lipinski definition) is 3. The first-order chi connectivity index (χ1) is 12.0. The average molecular weight is 396 g/mol. The van der Waals surface area contributed by atoms with Crippen LogP contribution in [0.1, 0.15) is 35.7 Å². The molecular formula is C19H23Cl2N3O2. The Bertz CT molecular complexity index is 822. The molecule has 0 bridgehead atoms. The number of hydrogen-bond donors (Lipinski definition) is 2. The highest BCUT2D eigenvalue weighted by atomic mass is 35.5. The molecule has 5 nitrogen and oxygen atoms in total. The van der Waals surface area contributed by atoms with Gasteiger partial charge in [-0.05, 0) is 44.0 Å². The van der Waals surface area contributed by atoms with Crippen LogP contribution in [0.25, 0.3) is 0 Å². The van der Waals surface area contributed by atoms with Crippen LogP contribution >= 0.6 is 24.0 Å². The molecule has 3 rings (SSSR count). The Morgan fingerprint density at radius 1 is 1.31 bits per heavy atom. The lowest BCUT2D eigenvalue weighted by Crippen LogP contribution is -2.46. The second kappa shape index (κ2) is 9.21. The summed E-state index contributed by atoms with van der Waals surface area (Å²) in [4.78, 5) is 24.7. The molecule has 1 aliphatic heterocycles. The number of nitrogens with zero attached hydrogens (tertiary/aromatic N) is 1. The molecule has 140 valence electrons. The van der Waals surface area contributed by atoms with Crippen molar-refractivity contribution >= 4 is 29.9 Å². The van der Waals surface area contributed by atoms with Gasteiger partial charge in [0, 0.05) is 29.4 Å². The maximum atomic E-state index is 12.5. The van der Waals surface area contributed by atoms with Crippen molar-refractivity contribution in [2.75, 3.05) is 6.54 Å². The molecule has 1 aliphatic rings. The molecule has 1 saturated heterocycles. The minimum atomic E-state index is -0.160. The zero-order chi connectivity index (χ0) is 17.8. The van der Waals surface area contributed by atoms with Crippen molar-refractivity contribution in [3.8, 4) is 0 Å². The Balaban J connectivity index is 0.00000243. The normalized spacial score (nSPS) is 19.5. The lowest BCUT2D eigenvalue weighted by Gasteiger charge is -2.28. The minimum absolute atomic E-state index is 0. The number of carbonyl (C=O) groups excluding carboxylic acids is 1. The van der Waals surface area contributed by atoms with Gasteiger partial charge in [0.1, 0.15) is 0 Å². The second-order valence-corrected chi connectivity index (χ2v) is 6.93. The van der Waals surface area contributed by atoms with Crippen LogP contribution in [0.15, 0.2) is 47.4 Å². The van der Waals surface area contributed by atoms with Crippen LogP contribution in [-0.2, 0) is 6.54 Å². The third-order valence-electron chi connectivity index (χ3n) is 4.50. The van der Waals surface area contributed by atoms with Gasteiger partial charge in [-0.3, -0.25) is 9.59 Å². The average Bonchev–Trinajstić information content (AvgIpc) is 2.58. The summed E-state index contributed by atoms with van der Waals surface area (Å²) < 4.78 is 1.52. The van der Waals surface area contributed by atoms with E-state index < -0.39 is 0 Å². The number of piperidine rings is 1. The van der Waals surface area contributed by atoms with Crippen LogP contribution in [0.5, 0.6) is 0 Å². The van der Waals surface area contributed by atoms with Gasteiger partial charge in [-0.1, -0.05) is 29.8 Å². The number of nitrogens with one attached hydrogen (secondary N) is 2. The Morgan fingerprint density at radius 3 is 2.81 bits per heavy atom. The number of pyridine rings is 1. The summed E-state index contributed by atoms with van der Waals surface area (Å²) in [6, 6.07) is 10.9. The van der Waals surface area contributed by atoms with Crippen molar-refractivity contribution in [1.82, 2.24) is 15.2 Å². The third-order valence-corrected chi connectivity index (χ3v) is 4.87. The highest BCUT2D eigenvalue weighted by Gasteiger charge is 2.20. The molecule has 2 atom stereocenters. The van der Waals surface area contributed by atoms with Gasteiger partial charge in [0.25, 0.3) is 11.5 Å². The number of amides is 1. The van der Waals surface area contributed by atoms with Gasteiger partial charge in [0.15, 0.2) is 0 Å². The zero-order valence-electron chi connectivity index (χ0n) is 14.6. The quantitative estimate of drug-likeness (QED) is 0.836. The lowest BCUT2D eigenvalue weighted by atomic mass is 10.0. The number of benzene rings is 1. The number of rotatable bonds is 4. The monoisotopic (exact) mass is 395 g/mol. The number of halogens is 2. The summed E-state index contributed by atoms with van der Waals surface area (Å²) in [6.07, 6.45) is 3.42. The number of carbonyl (C=O) groups is 1. The van der Waals surface area contributed by atoms with Crippen molar-refractivity contribution in [3.05, 3.63) is 69.1 Å². The molecule has 0 saturated carbocycles. The predicted octanol–water partition coefficient (Wildman–Crippen LogP) is 2.84. The maximum Gasteiger partial charge on any atom is 0.252 e. The van der Waals surface area contributed by atoms with Crippen LogP contribution in [0, 0.1) is 0 Å². The molecule has 0 radical (unpaired) electrons. The molecule has 26 heavy (non-hydrogen) atoms. The van der Waals surface area contributed by atoms with Crippen LogP contribution < -0.4 is 16.2 Å². The Labute approximate surface area is 164 Å². The van der Waals surface area contributed by atoms with Gasteiger partial charge in [-0.15, -0.1) is 12.4 Å². The van der Waals surface area contributed by atoms with Crippen LogP contribution in [0.2, 0.25) is 5.02 Å². The molecule has 0 spiro atoms. The lowest BCUT2D eigenvalue weighted by molar-refractivity contribution is 0.0925. The van der Waals surface area contributed by atoms with E-state index in [1.165, 1.54) is 10.6 Å². The topological polar surface area (TPSA) is 63.1 Å². The summed E-state index contributed by atoms with van der Waals surface area (Å²) in [5.74, 6) is -0.146. The predicted molar refractivity (Wildman–Crippen MR) is 106 cm³/mol. The fourth-order valence-electron chi connectivity index (χ4n) is 3.13. The first-order valence-corrected chi connectivity index (χ1v) is 8.89. The second-order valence-electron chi connectivity index (χ2n) is 6.53. The molecule has 1 amide bonds. The molecule has 7 heteroatoms. The van der Waals surface area contributed by atoms with Crippen molar-refractivity contribution in [3.63, 3.8) is 0 Å². The van der Waals surface area contributed by atoms with E-state index in [9.17, 15) is 9.59 Å². The highest BCUT2D eigenvalue weighted by Crippen LogP contribution is 2.16. The molecule has 2 unspecified atom stereocenters. The van der Waals surface area contributed by atoms with Gasteiger partial charge < -0.3 is 15.2 Å². The van der Waals surface area contributed by atoms with E-state index in [0.717, 1.165) is 24.9 Å². The standard InChI is InChI=1S/C19H22ClN3O2.ClH/c1-13-10-16(8-9-21-13)22-19(25)15-6-7-18(24)23(12-15)11-14-4-2-3-5-17(14)20;/h2-7,12-13,16,21H,8-11H2,1H3,(H,22,25);1H. The molecule has 2 heterocycles. The van der Waals surface area contributed by atoms with Gasteiger partial charge >= 0.3 is 0 Å². The molecule has 1 fully saturated rings. The van der Waals surface area contributed by atoms with E-state index in [2.05, 4.69) is 17.6 Å². The van der Waals surface area contributed by atoms with E-state index in [1.54, 1.807) is 18.3 Å². The van der Waals surface area contributed by atoms with Crippen LogP contribution in [0.4, 0.5) is 0 Å². The summed E-state index contributed by atoms with van der Waals surface area (Å²) >= 11 is 6.17. The largest absolute Gasteiger partial charge is 0.349 e. The zero-order valence-corrected chi connectivity index (χ0v) is 16.1. The van der Waals surface area contributed by atoms with E-state index in [-0.39, 0.29) is 29.9 Å². The molecule has 2 aromatic rings. The smallest absolute Gasteiger partial charge is 0.252 e. The molecule has 0 aliphatic carbocycles. The first-order valence-electron chi connectivity index (χ1n) is 8.51. The van der Waals surface area contributed by atoms with E-state index >= 15 is 0 Å². The van der Waals surface area contributed by atoms with Crippen molar-refractivity contribution in [1.29, 1.82) is 0 Å². The van der Waals surface area contributed by atoms with Crippen LogP contribution in [-0.4, -0.2) is 29.1 Å². The fraction of sp³-hybridized carbons (Fsp3) is 0.368. The first kappa shape index (κ1) is 20.5. The summed E-state index contributed by atoms with van der Waals surface area (Å²) in [5, 5.41) is 7.04. The molecule has 1 aromatic carbocycles. The van der Waals surface area contributed by atoms with Crippen molar-refractivity contribution in [2.45, 2.75) is 38.4 Å². The van der Waals surface area contributed by atoms with Crippen molar-refractivity contribution < 1.29 is 4.79 Å². The summed E-state index contributed by atoms with van der Waals surface area (Å²) in [6.45, 7) is 3.35. The molecule has 2 N–H and O–H groups in total. The van der Waals surface area contributed by atoms with Gasteiger partial charge in [-0.25, -0.2) is 0 Å². The Morgan fingerprint density at radius 2 is 2.08 bits per heavy atom. The van der Waals surface area contributed by atoms with E-state index in [1.807, 2.05) is 18.2 Å². The minimum Gasteiger partial charge on any atom is -0.349 e. The Hall–Kier alpha value is -1.82. The summed E-state index contributed by atoms with van der Waals surface area (Å²) in [7, 11) is 0. The molecule has 1 aromatic heterocycles. The SMILES string of the molecule is CC1CC(NC(=O)c2ccc(=O)n(Cc3ccccc3Cl)c2)CCN1.Cl. The highest BCUT2D eigenvalue weighted by molar-refractivity contribution is 6.31. The fourth-order valence-corrected chi connectivity index (χ4v) is 3.33. The maximum absolute atomic E-state index is 12.5. The third kappa shape index (κ3) is 5.10.